The Labute approximate surface area is 231 Å². The van der Waals surface area contributed by atoms with Gasteiger partial charge in [-0.3, -0.25) is 9.78 Å². The van der Waals surface area contributed by atoms with E-state index in [1.165, 1.54) is 54.7 Å². The largest absolute Gasteiger partial charge is 0.381 e. The molecule has 2 atom stereocenters. The van der Waals surface area contributed by atoms with Crippen molar-refractivity contribution in [2.45, 2.75) is 49.3 Å². The Morgan fingerprint density at radius 3 is 2.27 bits per heavy atom. The van der Waals surface area contributed by atoms with Crippen LogP contribution in [0.5, 0.6) is 0 Å². The number of carbonyl (C=O) groups is 1. The van der Waals surface area contributed by atoms with Gasteiger partial charge in [0.2, 0.25) is 5.91 Å². The number of hydrogen-bond donors (Lipinski definition) is 3. The number of aromatic nitrogens is 1. The molecule has 2 aliphatic rings. The minimum absolute atomic E-state index is 0.119. The highest BCUT2D eigenvalue weighted by Crippen LogP contribution is 2.32. The van der Waals surface area contributed by atoms with Crippen molar-refractivity contribution in [3.05, 3.63) is 95.1 Å². The molecular weight excluding hydrogens is 521 g/mol. The van der Waals surface area contributed by atoms with E-state index in [1.54, 1.807) is 0 Å². The summed E-state index contributed by atoms with van der Waals surface area (Å²) in [5.41, 5.74) is 7.89. The van der Waals surface area contributed by atoms with Crippen molar-refractivity contribution in [1.82, 2.24) is 10.3 Å². The first-order chi connectivity index (χ1) is 19.3. The van der Waals surface area contributed by atoms with Crippen LogP contribution in [0.4, 0.5) is 18.9 Å². The average Bonchev–Trinajstić information content (AvgIpc) is 2.95. The summed E-state index contributed by atoms with van der Waals surface area (Å²) >= 11 is 0. The number of nitrogens with zero attached hydrogens (tertiary/aromatic N) is 1. The first-order valence-corrected chi connectivity index (χ1v) is 13.5. The standard InChI is InChI=1S/C30H33F3N4O3/c31-21-5-1-19(2-6-21)27(20-3-7-22(32)8-4-20)28(34)29(38)37-26-17-35-16-25(33)24(26)10-9-23-15-36-18-30(40-23)11-13-39-14-12-30/h1-8,16-17,23,27-28,36H,9-15,18,34H2,(H,37,38)/t23-,28+/m1/s1. The molecule has 3 aromatic rings. The molecule has 0 aliphatic carbocycles. The molecule has 10 heteroatoms. The van der Waals surface area contributed by atoms with Gasteiger partial charge < -0.3 is 25.8 Å². The Bertz CT molecular complexity index is 1250. The fraction of sp³-hybridized carbons (Fsp3) is 0.400. The number of pyridine rings is 1. The number of hydrogen-bond acceptors (Lipinski definition) is 6. The molecule has 5 rings (SSSR count). The van der Waals surface area contributed by atoms with Gasteiger partial charge in [0.05, 0.1) is 35.8 Å². The molecule has 4 N–H and O–H groups in total. The predicted octanol–water partition coefficient (Wildman–Crippen LogP) is 4.07. The summed E-state index contributed by atoms with van der Waals surface area (Å²) in [5, 5.41) is 6.19. The molecule has 0 unspecified atom stereocenters. The van der Waals surface area contributed by atoms with Gasteiger partial charge in [-0.25, -0.2) is 13.2 Å². The van der Waals surface area contributed by atoms with Crippen molar-refractivity contribution < 1.29 is 27.4 Å². The van der Waals surface area contributed by atoms with Crippen LogP contribution in [-0.2, 0) is 20.7 Å². The maximum atomic E-state index is 15.0. The molecule has 0 bridgehead atoms. The van der Waals surface area contributed by atoms with Gasteiger partial charge in [-0.05, 0) is 48.2 Å². The predicted molar refractivity (Wildman–Crippen MR) is 144 cm³/mol. The van der Waals surface area contributed by atoms with Crippen molar-refractivity contribution in [1.29, 1.82) is 0 Å². The molecule has 2 aromatic carbocycles. The van der Waals surface area contributed by atoms with Crippen LogP contribution in [0.15, 0.2) is 60.9 Å². The van der Waals surface area contributed by atoms with Crippen LogP contribution >= 0.6 is 0 Å². The van der Waals surface area contributed by atoms with E-state index in [4.69, 9.17) is 15.2 Å². The van der Waals surface area contributed by atoms with Gasteiger partial charge in [-0.15, -0.1) is 0 Å². The highest BCUT2D eigenvalue weighted by Gasteiger charge is 2.38. The minimum Gasteiger partial charge on any atom is -0.381 e. The number of morpholine rings is 1. The molecule has 1 amide bonds. The zero-order valence-electron chi connectivity index (χ0n) is 22.0. The van der Waals surface area contributed by atoms with Crippen LogP contribution < -0.4 is 16.4 Å². The van der Waals surface area contributed by atoms with Gasteiger partial charge in [0, 0.05) is 50.6 Å². The van der Waals surface area contributed by atoms with Gasteiger partial charge in [-0.2, -0.15) is 0 Å². The number of halogens is 3. The lowest BCUT2D eigenvalue weighted by atomic mass is 9.85. The summed E-state index contributed by atoms with van der Waals surface area (Å²) in [4.78, 5) is 17.4. The lowest BCUT2D eigenvalue weighted by Crippen LogP contribution is -2.56. The zero-order chi connectivity index (χ0) is 28.1. The van der Waals surface area contributed by atoms with Gasteiger partial charge in [0.15, 0.2) is 0 Å². The maximum Gasteiger partial charge on any atom is 0.242 e. The summed E-state index contributed by atoms with van der Waals surface area (Å²) in [7, 11) is 0. The third-order valence-corrected chi connectivity index (χ3v) is 7.74. The van der Waals surface area contributed by atoms with Crippen LogP contribution in [0.25, 0.3) is 0 Å². The van der Waals surface area contributed by atoms with E-state index in [0.717, 1.165) is 25.6 Å². The summed E-state index contributed by atoms with van der Waals surface area (Å²) in [6, 6.07) is 10.1. The van der Waals surface area contributed by atoms with Crippen molar-refractivity contribution in [3.63, 3.8) is 0 Å². The molecule has 2 saturated heterocycles. The number of ether oxygens (including phenoxy) is 2. The molecule has 3 heterocycles. The molecule has 2 fully saturated rings. The number of nitrogens with two attached hydrogens (primary N) is 1. The van der Waals surface area contributed by atoms with E-state index in [-0.39, 0.29) is 17.4 Å². The van der Waals surface area contributed by atoms with Crippen molar-refractivity contribution >= 4 is 11.6 Å². The third kappa shape index (κ3) is 6.52. The summed E-state index contributed by atoms with van der Waals surface area (Å²) in [6.45, 7) is 2.72. The quantitative estimate of drug-likeness (QED) is 0.389. The number of anilines is 1. The van der Waals surface area contributed by atoms with E-state index in [0.29, 0.717) is 49.3 Å². The molecule has 40 heavy (non-hydrogen) atoms. The maximum absolute atomic E-state index is 15.0. The normalized spacial score (nSPS) is 19.5. The number of nitrogens with one attached hydrogen (secondary N) is 2. The molecule has 1 spiro atoms. The summed E-state index contributed by atoms with van der Waals surface area (Å²) in [6.07, 6.45) is 4.87. The molecule has 7 nitrogen and oxygen atoms in total. The molecule has 2 aliphatic heterocycles. The summed E-state index contributed by atoms with van der Waals surface area (Å²) < 4.78 is 54.2. The van der Waals surface area contributed by atoms with Gasteiger partial charge in [-0.1, -0.05) is 24.3 Å². The monoisotopic (exact) mass is 554 g/mol. The molecule has 1 aromatic heterocycles. The van der Waals surface area contributed by atoms with Gasteiger partial charge in [0.1, 0.15) is 17.5 Å². The smallest absolute Gasteiger partial charge is 0.242 e. The molecule has 0 radical (unpaired) electrons. The van der Waals surface area contributed by atoms with Gasteiger partial charge in [0.25, 0.3) is 0 Å². The Hall–Kier alpha value is -3.31. The van der Waals surface area contributed by atoms with Crippen LogP contribution in [0, 0.1) is 17.5 Å². The van der Waals surface area contributed by atoms with Crippen molar-refractivity contribution in [3.8, 4) is 0 Å². The van der Waals surface area contributed by atoms with E-state index in [1.807, 2.05) is 0 Å². The molecule has 0 saturated carbocycles. The van der Waals surface area contributed by atoms with E-state index >= 15 is 0 Å². The van der Waals surface area contributed by atoms with Crippen molar-refractivity contribution in [2.75, 3.05) is 31.6 Å². The second kappa shape index (κ2) is 12.5. The van der Waals surface area contributed by atoms with Crippen LogP contribution in [-0.4, -0.2) is 54.9 Å². The van der Waals surface area contributed by atoms with Crippen LogP contribution in [0.1, 0.15) is 41.9 Å². The second-order valence-electron chi connectivity index (χ2n) is 10.4. The van der Waals surface area contributed by atoms with Crippen LogP contribution in [0.3, 0.4) is 0 Å². The van der Waals surface area contributed by atoms with Gasteiger partial charge >= 0.3 is 0 Å². The number of rotatable bonds is 8. The lowest BCUT2D eigenvalue weighted by Gasteiger charge is -2.44. The first-order valence-electron chi connectivity index (χ1n) is 13.5. The number of carbonyl (C=O) groups excluding carboxylic acids is 1. The van der Waals surface area contributed by atoms with Crippen LogP contribution in [0.2, 0.25) is 0 Å². The Morgan fingerprint density at radius 2 is 1.65 bits per heavy atom. The summed E-state index contributed by atoms with van der Waals surface area (Å²) in [5.74, 6) is -2.69. The zero-order valence-corrected chi connectivity index (χ0v) is 22.0. The Balaban J connectivity index is 1.32. The topological polar surface area (TPSA) is 98.5 Å². The lowest BCUT2D eigenvalue weighted by molar-refractivity contribution is -0.160. The minimum atomic E-state index is -1.15. The Kier molecular flexibility index (Phi) is 8.80. The average molecular weight is 555 g/mol. The third-order valence-electron chi connectivity index (χ3n) is 7.74. The molecule has 212 valence electrons. The Morgan fingerprint density at radius 1 is 1.02 bits per heavy atom. The SMILES string of the molecule is N[C@H](C(=O)Nc1cncc(F)c1CC[C@@H]1CNCC2(CCOCC2)O1)C(c1ccc(F)cc1)c1ccc(F)cc1. The number of benzene rings is 2. The first kappa shape index (κ1) is 28.2. The van der Waals surface area contributed by atoms with E-state index in [9.17, 15) is 18.0 Å². The van der Waals surface area contributed by atoms with E-state index in [2.05, 4.69) is 15.6 Å². The second-order valence-corrected chi connectivity index (χ2v) is 10.4. The highest BCUT2D eigenvalue weighted by molar-refractivity contribution is 5.96. The van der Waals surface area contributed by atoms with E-state index < -0.39 is 35.3 Å². The molecular formula is C30H33F3N4O3. The fourth-order valence-electron chi connectivity index (χ4n) is 5.54. The number of amides is 1. The highest BCUT2D eigenvalue weighted by atomic mass is 19.1. The fourth-order valence-corrected chi connectivity index (χ4v) is 5.54. The van der Waals surface area contributed by atoms with Crippen molar-refractivity contribution in [2.24, 2.45) is 5.73 Å².